The van der Waals surface area contributed by atoms with Gasteiger partial charge in [0.2, 0.25) is 0 Å². The van der Waals surface area contributed by atoms with Gasteiger partial charge in [0.25, 0.3) is 0 Å². The number of H-pyrrole nitrogens is 1. The van der Waals surface area contributed by atoms with Crippen LogP contribution in [0.4, 0.5) is 0 Å². The molecule has 3 aromatic rings. The minimum absolute atomic E-state index is 0.276. The molecular formula is C16H10ClNO2. The summed E-state index contributed by atoms with van der Waals surface area (Å²) in [7, 11) is 0. The molecule has 0 amide bonds. The summed E-state index contributed by atoms with van der Waals surface area (Å²) in [5.41, 5.74) is 3.44. The van der Waals surface area contributed by atoms with Crippen LogP contribution in [0.25, 0.3) is 10.9 Å². The Bertz CT molecular complexity index is 837. The van der Waals surface area contributed by atoms with Crippen molar-refractivity contribution in [2.24, 2.45) is 0 Å². The van der Waals surface area contributed by atoms with E-state index >= 15 is 0 Å². The highest BCUT2D eigenvalue weighted by atomic mass is 35.5. The number of aromatic amines is 1. The molecule has 2 aromatic carbocycles. The lowest BCUT2D eigenvalue weighted by Gasteiger charge is -2.09. The highest BCUT2D eigenvalue weighted by Crippen LogP contribution is 2.39. The molecule has 0 fully saturated rings. The number of carbonyl (C=O) groups excluding carboxylic acids is 1. The van der Waals surface area contributed by atoms with E-state index in [-0.39, 0.29) is 12.1 Å². The van der Waals surface area contributed by atoms with Crippen molar-refractivity contribution >= 4 is 28.5 Å². The van der Waals surface area contributed by atoms with Gasteiger partial charge in [-0.1, -0.05) is 29.8 Å². The Morgan fingerprint density at radius 2 is 1.95 bits per heavy atom. The lowest BCUT2D eigenvalue weighted by molar-refractivity contribution is 0.0458. The van der Waals surface area contributed by atoms with Crippen molar-refractivity contribution < 1.29 is 9.53 Å². The Morgan fingerprint density at radius 3 is 2.85 bits per heavy atom. The number of halogens is 1. The van der Waals surface area contributed by atoms with Gasteiger partial charge < -0.3 is 9.72 Å². The molecule has 2 heterocycles. The molecule has 0 radical (unpaired) electrons. The molecule has 1 N–H and O–H groups in total. The second kappa shape index (κ2) is 4.12. The molecule has 1 unspecified atom stereocenters. The zero-order chi connectivity index (χ0) is 13.7. The predicted octanol–water partition coefficient (Wildman–Crippen LogP) is 4.08. The molecule has 1 aromatic heterocycles. The lowest BCUT2D eigenvalue weighted by atomic mass is 9.99. The monoisotopic (exact) mass is 283 g/mol. The zero-order valence-electron chi connectivity index (χ0n) is 10.4. The SMILES string of the molecule is O=C1OC(c2c[nH]c3ccc(Cl)cc23)c2ccccc21. The van der Waals surface area contributed by atoms with E-state index in [1.54, 1.807) is 6.07 Å². The first-order chi connectivity index (χ1) is 9.74. The van der Waals surface area contributed by atoms with Crippen molar-refractivity contribution in [3.05, 3.63) is 70.4 Å². The van der Waals surface area contributed by atoms with Crippen LogP contribution in [0.5, 0.6) is 0 Å². The van der Waals surface area contributed by atoms with Crippen molar-refractivity contribution in [2.75, 3.05) is 0 Å². The summed E-state index contributed by atoms with van der Waals surface area (Å²) in [5, 5.41) is 1.64. The van der Waals surface area contributed by atoms with Gasteiger partial charge in [-0.05, 0) is 24.3 Å². The topological polar surface area (TPSA) is 42.1 Å². The third-order valence-corrected chi connectivity index (χ3v) is 3.88. The van der Waals surface area contributed by atoms with Crippen LogP contribution < -0.4 is 0 Å². The molecule has 1 atom stereocenters. The molecule has 20 heavy (non-hydrogen) atoms. The van der Waals surface area contributed by atoms with Gasteiger partial charge in [-0.15, -0.1) is 0 Å². The summed E-state index contributed by atoms with van der Waals surface area (Å²) in [6.45, 7) is 0. The van der Waals surface area contributed by atoms with E-state index in [0.29, 0.717) is 10.6 Å². The number of esters is 1. The van der Waals surface area contributed by atoms with Gasteiger partial charge in [0, 0.05) is 33.2 Å². The highest BCUT2D eigenvalue weighted by molar-refractivity contribution is 6.31. The summed E-state index contributed by atoms with van der Waals surface area (Å²) in [5.74, 6) is -0.276. The Labute approximate surface area is 120 Å². The number of cyclic esters (lactones) is 1. The maximum atomic E-state index is 11.9. The van der Waals surface area contributed by atoms with Crippen LogP contribution in [0.2, 0.25) is 5.02 Å². The van der Waals surface area contributed by atoms with Crippen LogP contribution >= 0.6 is 11.6 Å². The van der Waals surface area contributed by atoms with Gasteiger partial charge in [-0.2, -0.15) is 0 Å². The third kappa shape index (κ3) is 1.57. The summed E-state index contributed by atoms with van der Waals surface area (Å²) in [6.07, 6.45) is 1.51. The van der Waals surface area contributed by atoms with Gasteiger partial charge in [0.05, 0.1) is 5.56 Å². The fraction of sp³-hybridized carbons (Fsp3) is 0.0625. The minimum atomic E-state index is -0.370. The van der Waals surface area contributed by atoms with Crippen LogP contribution in [0.3, 0.4) is 0 Å². The summed E-state index contributed by atoms with van der Waals surface area (Å²) in [4.78, 5) is 15.1. The quantitative estimate of drug-likeness (QED) is 0.684. The Balaban J connectivity index is 1.93. The average molecular weight is 284 g/mol. The molecule has 3 nitrogen and oxygen atoms in total. The molecule has 0 saturated heterocycles. The number of fused-ring (bicyclic) bond motifs is 2. The normalized spacial score (nSPS) is 17.2. The first-order valence-electron chi connectivity index (χ1n) is 6.30. The van der Waals surface area contributed by atoms with Gasteiger partial charge in [-0.25, -0.2) is 4.79 Å². The second-order valence-corrected chi connectivity index (χ2v) is 5.24. The third-order valence-electron chi connectivity index (χ3n) is 3.65. The molecule has 98 valence electrons. The number of aromatic nitrogens is 1. The van der Waals surface area contributed by atoms with Crippen molar-refractivity contribution in [2.45, 2.75) is 6.10 Å². The van der Waals surface area contributed by atoms with Crippen LogP contribution in [0.15, 0.2) is 48.7 Å². The van der Waals surface area contributed by atoms with Crippen LogP contribution in [-0.4, -0.2) is 11.0 Å². The molecule has 0 saturated carbocycles. The Hall–Kier alpha value is -2.26. The standard InChI is InChI=1S/C16H10ClNO2/c17-9-5-6-14-12(7-9)13(8-18-14)15-10-3-1-2-4-11(10)16(19)20-15/h1-8,15,18H. The first kappa shape index (κ1) is 11.6. The molecule has 4 rings (SSSR count). The van der Waals surface area contributed by atoms with Gasteiger partial charge in [-0.3, -0.25) is 0 Å². The van der Waals surface area contributed by atoms with E-state index in [4.69, 9.17) is 16.3 Å². The fourth-order valence-corrected chi connectivity index (χ4v) is 2.88. The molecule has 0 spiro atoms. The predicted molar refractivity (Wildman–Crippen MR) is 77.0 cm³/mol. The van der Waals surface area contributed by atoms with Crippen molar-refractivity contribution in [1.82, 2.24) is 4.98 Å². The van der Waals surface area contributed by atoms with E-state index in [1.807, 2.05) is 42.6 Å². The minimum Gasteiger partial charge on any atom is -0.449 e. The summed E-state index contributed by atoms with van der Waals surface area (Å²) < 4.78 is 5.52. The Kier molecular flexibility index (Phi) is 2.38. The molecule has 4 heteroatoms. The van der Waals surface area contributed by atoms with E-state index in [1.165, 1.54) is 0 Å². The van der Waals surface area contributed by atoms with Gasteiger partial charge in [0.1, 0.15) is 0 Å². The number of carbonyl (C=O) groups is 1. The molecule has 0 aliphatic carbocycles. The van der Waals surface area contributed by atoms with Crippen LogP contribution in [0.1, 0.15) is 27.6 Å². The van der Waals surface area contributed by atoms with Crippen LogP contribution in [0, 0.1) is 0 Å². The smallest absolute Gasteiger partial charge is 0.339 e. The number of ether oxygens (including phenoxy) is 1. The molecular weight excluding hydrogens is 274 g/mol. The number of rotatable bonds is 1. The highest BCUT2D eigenvalue weighted by Gasteiger charge is 2.33. The van der Waals surface area contributed by atoms with Crippen molar-refractivity contribution in [3.8, 4) is 0 Å². The molecule has 1 aliphatic heterocycles. The number of benzene rings is 2. The summed E-state index contributed by atoms with van der Waals surface area (Å²) >= 11 is 6.06. The molecule has 0 bridgehead atoms. The lowest BCUT2D eigenvalue weighted by Crippen LogP contribution is -1.99. The van der Waals surface area contributed by atoms with E-state index < -0.39 is 0 Å². The second-order valence-electron chi connectivity index (χ2n) is 4.81. The zero-order valence-corrected chi connectivity index (χ0v) is 11.1. The van der Waals surface area contributed by atoms with E-state index in [2.05, 4.69) is 4.98 Å². The maximum Gasteiger partial charge on any atom is 0.339 e. The van der Waals surface area contributed by atoms with Crippen molar-refractivity contribution in [1.29, 1.82) is 0 Å². The number of nitrogens with one attached hydrogen (secondary N) is 1. The fourth-order valence-electron chi connectivity index (χ4n) is 2.71. The largest absolute Gasteiger partial charge is 0.449 e. The van der Waals surface area contributed by atoms with E-state index in [0.717, 1.165) is 22.0 Å². The van der Waals surface area contributed by atoms with E-state index in [9.17, 15) is 4.79 Å². The van der Waals surface area contributed by atoms with Gasteiger partial charge >= 0.3 is 5.97 Å². The Morgan fingerprint density at radius 1 is 1.10 bits per heavy atom. The van der Waals surface area contributed by atoms with Crippen molar-refractivity contribution in [3.63, 3.8) is 0 Å². The number of hydrogen-bond donors (Lipinski definition) is 1. The maximum absolute atomic E-state index is 11.9. The summed E-state index contributed by atoms with van der Waals surface area (Å²) in [6, 6.07) is 13.1. The molecule has 1 aliphatic rings. The first-order valence-corrected chi connectivity index (χ1v) is 6.68. The van der Waals surface area contributed by atoms with Crippen LogP contribution in [-0.2, 0) is 4.74 Å². The number of hydrogen-bond acceptors (Lipinski definition) is 2. The van der Waals surface area contributed by atoms with Gasteiger partial charge in [0.15, 0.2) is 6.10 Å². The average Bonchev–Trinajstić information content (AvgIpc) is 3.00.